The van der Waals surface area contributed by atoms with Crippen LogP contribution in [0, 0.1) is 5.92 Å². The van der Waals surface area contributed by atoms with Crippen molar-refractivity contribution in [3.63, 3.8) is 0 Å². The standard InChI is InChI=1S/C19H19ClN2O5S/c1-12(2)17(11-23)21-18(24)13-3-5-14(6-4-13)19(25)22-28(26,27)16-9-7-15(20)8-10-16/h3-12,17H,1-2H3,(H,21,24)(H,22,25)/t17-/m1/s1. The van der Waals surface area contributed by atoms with Gasteiger partial charge in [-0.3, -0.25) is 9.59 Å². The lowest BCUT2D eigenvalue weighted by molar-refractivity contribution is -0.110. The van der Waals surface area contributed by atoms with Gasteiger partial charge in [0.25, 0.3) is 21.8 Å². The molecule has 0 aliphatic rings. The first-order valence-electron chi connectivity index (χ1n) is 8.33. The molecule has 0 radical (unpaired) electrons. The first-order chi connectivity index (χ1) is 13.1. The number of halogens is 1. The predicted octanol–water partition coefficient (Wildman–Crippen LogP) is 2.41. The number of carbonyl (C=O) groups excluding carboxylic acids is 3. The summed E-state index contributed by atoms with van der Waals surface area (Å²) in [5.74, 6) is -1.37. The van der Waals surface area contributed by atoms with Crippen molar-refractivity contribution in [1.82, 2.24) is 10.0 Å². The molecule has 0 heterocycles. The minimum absolute atomic E-state index is 0.0601. The number of nitrogens with one attached hydrogen (secondary N) is 2. The van der Waals surface area contributed by atoms with Crippen LogP contribution < -0.4 is 10.0 Å². The molecule has 0 fully saturated rings. The van der Waals surface area contributed by atoms with E-state index in [-0.39, 0.29) is 21.9 Å². The van der Waals surface area contributed by atoms with Crippen molar-refractivity contribution < 1.29 is 22.8 Å². The van der Waals surface area contributed by atoms with E-state index in [1.807, 2.05) is 4.72 Å². The second-order valence-corrected chi connectivity index (χ2v) is 8.46. The second-order valence-electron chi connectivity index (χ2n) is 6.35. The van der Waals surface area contributed by atoms with E-state index in [4.69, 9.17) is 11.6 Å². The van der Waals surface area contributed by atoms with Gasteiger partial charge in [-0.25, -0.2) is 13.1 Å². The Morgan fingerprint density at radius 3 is 1.89 bits per heavy atom. The number of carbonyl (C=O) groups is 3. The molecule has 0 aliphatic carbocycles. The fourth-order valence-electron chi connectivity index (χ4n) is 2.22. The van der Waals surface area contributed by atoms with E-state index in [0.717, 1.165) is 0 Å². The highest BCUT2D eigenvalue weighted by atomic mass is 35.5. The number of aldehydes is 1. The summed E-state index contributed by atoms with van der Waals surface area (Å²) in [6.45, 7) is 3.60. The van der Waals surface area contributed by atoms with Gasteiger partial charge in [0.05, 0.1) is 10.9 Å². The molecule has 0 bridgehead atoms. The lowest BCUT2D eigenvalue weighted by Crippen LogP contribution is -2.39. The lowest BCUT2D eigenvalue weighted by atomic mass is 10.0. The Morgan fingerprint density at radius 1 is 0.929 bits per heavy atom. The van der Waals surface area contributed by atoms with Crippen molar-refractivity contribution in [2.24, 2.45) is 5.92 Å². The first kappa shape index (κ1) is 21.6. The average Bonchev–Trinajstić information content (AvgIpc) is 2.65. The number of sulfonamides is 1. The van der Waals surface area contributed by atoms with Crippen LogP contribution in [-0.2, 0) is 14.8 Å². The van der Waals surface area contributed by atoms with Crippen molar-refractivity contribution in [3.8, 4) is 0 Å². The molecule has 7 nitrogen and oxygen atoms in total. The maximum Gasteiger partial charge on any atom is 0.264 e. The van der Waals surface area contributed by atoms with Crippen LogP contribution in [0.5, 0.6) is 0 Å². The van der Waals surface area contributed by atoms with Crippen LogP contribution in [0.2, 0.25) is 5.02 Å². The van der Waals surface area contributed by atoms with E-state index in [9.17, 15) is 22.8 Å². The van der Waals surface area contributed by atoms with Crippen LogP contribution >= 0.6 is 11.6 Å². The summed E-state index contributed by atoms with van der Waals surface area (Å²) < 4.78 is 26.5. The molecule has 0 aliphatic heterocycles. The summed E-state index contributed by atoms with van der Waals surface area (Å²) in [4.78, 5) is 35.3. The van der Waals surface area contributed by atoms with Crippen LogP contribution in [0.1, 0.15) is 34.6 Å². The Kier molecular flexibility index (Phi) is 6.93. The zero-order chi connectivity index (χ0) is 20.9. The first-order valence-corrected chi connectivity index (χ1v) is 10.2. The molecule has 0 saturated carbocycles. The van der Waals surface area contributed by atoms with Crippen molar-refractivity contribution >= 4 is 39.7 Å². The normalized spacial score (nSPS) is 12.3. The number of hydrogen-bond donors (Lipinski definition) is 2. The van der Waals surface area contributed by atoms with Gasteiger partial charge in [0.2, 0.25) is 0 Å². The molecule has 2 aromatic rings. The van der Waals surface area contributed by atoms with Gasteiger partial charge in [-0.05, 0) is 54.4 Å². The van der Waals surface area contributed by atoms with E-state index in [1.165, 1.54) is 48.5 Å². The predicted molar refractivity (Wildman–Crippen MR) is 105 cm³/mol. The maximum absolute atomic E-state index is 12.2. The van der Waals surface area contributed by atoms with Gasteiger partial charge in [-0.15, -0.1) is 0 Å². The Balaban J connectivity index is 2.10. The van der Waals surface area contributed by atoms with Crippen LogP contribution in [0.15, 0.2) is 53.4 Å². The fraction of sp³-hybridized carbons (Fsp3) is 0.211. The molecule has 2 N–H and O–H groups in total. The molecular weight excluding hydrogens is 404 g/mol. The molecule has 28 heavy (non-hydrogen) atoms. The van der Waals surface area contributed by atoms with E-state index in [0.29, 0.717) is 11.3 Å². The average molecular weight is 423 g/mol. The molecule has 2 aromatic carbocycles. The third kappa shape index (κ3) is 5.40. The maximum atomic E-state index is 12.2. The quantitative estimate of drug-likeness (QED) is 0.666. The summed E-state index contributed by atoms with van der Waals surface area (Å²) in [7, 11) is -4.06. The Hall–Kier alpha value is -2.71. The Morgan fingerprint density at radius 2 is 1.43 bits per heavy atom. The van der Waals surface area contributed by atoms with Crippen molar-refractivity contribution in [2.45, 2.75) is 24.8 Å². The van der Waals surface area contributed by atoms with E-state index < -0.39 is 27.9 Å². The molecule has 0 unspecified atom stereocenters. The minimum atomic E-state index is -4.06. The van der Waals surface area contributed by atoms with Crippen molar-refractivity contribution in [1.29, 1.82) is 0 Å². The molecule has 0 saturated heterocycles. The largest absolute Gasteiger partial charge is 0.342 e. The third-order valence-corrected chi connectivity index (χ3v) is 5.52. The van der Waals surface area contributed by atoms with Crippen LogP contribution in [0.3, 0.4) is 0 Å². The van der Waals surface area contributed by atoms with E-state index in [2.05, 4.69) is 5.32 Å². The topological polar surface area (TPSA) is 109 Å². The molecule has 0 spiro atoms. The van der Waals surface area contributed by atoms with E-state index >= 15 is 0 Å². The summed E-state index contributed by atoms with van der Waals surface area (Å²) in [5.41, 5.74) is 0.300. The highest BCUT2D eigenvalue weighted by molar-refractivity contribution is 7.90. The number of rotatable bonds is 7. The summed E-state index contributed by atoms with van der Waals surface area (Å²) in [5, 5.41) is 2.95. The van der Waals surface area contributed by atoms with Gasteiger partial charge in [0.1, 0.15) is 6.29 Å². The molecule has 9 heteroatoms. The highest BCUT2D eigenvalue weighted by Crippen LogP contribution is 2.14. The zero-order valence-corrected chi connectivity index (χ0v) is 16.8. The number of amides is 2. The van der Waals surface area contributed by atoms with Crippen LogP contribution in [0.4, 0.5) is 0 Å². The second kappa shape index (κ2) is 8.99. The van der Waals surface area contributed by atoms with Crippen molar-refractivity contribution in [3.05, 3.63) is 64.7 Å². The Labute approximate surface area is 168 Å². The van der Waals surface area contributed by atoms with Crippen molar-refractivity contribution in [2.75, 3.05) is 0 Å². The zero-order valence-electron chi connectivity index (χ0n) is 15.2. The molecular formula is C19H19ClN2O5S. The smallest absolute Gasteiger partial charge is 0.264 e. The van der Waals surface area contributed by atoms with Gasteiger partial charge >= 0.3 is 0 Å². The summed E-state index contributed by atoms with van der Waals surface area (Å²) in [6.07, 6.45) is 0.659. The molecule has 1 atom stereocenters. The number of benzene rings is 2. The highest BCUT2D eigenvalue weighted by Gasteiger charge is 2.20. The summed E-state index contributed by atoms with van der Waals surface area (Å²) >= 11 is 5.73. The SMILES string of the molecule is CC(C)[C@@H](C=O)NC(=O)c1ccc(C(=O)NS(=O)(=O)c2ccc(Cl)cc2)cc1. The summed E-state index contributed by atoms with van der Waals surface area (Å²) in [6, 6.07) is 10.1. The Bertz CT molecular complexity index is 970. The lowest BCUT2D eigenvalue weighted by Gasteiger charge is -2.16. The van der Waals surface area contributed by atoms with Gasteiger partial charge in [-0.2, -0.15) is 0 Å². The van der Waals surface area contributed by atoms with Gasteiger partial charge in [0.15, 0.2) is 0 Å². The monoisotopic (exact) mass is 422 g/mol. The molecule has 2 rings (SSSR count). The van der Waals surface area contributed by atoms with Crippen LogP contribution in [-0.4, -0.2) is 32.6 Å². The van der Waals surface area contributed by atoms with Gasteiger partial charge in [0, 0.05) is 16.1 Å². The fourth-order valence-corrected chi connectivity index (χ4v) is 3.32. The minimum Gasteiger partial charge on any atom is -0.342 e. The van der Waals surface area contributed by atoms with Gasteiger partial charge in [-0.1, -0.05) is 25.4 Å². The van der Waals surface area contributed by atoms with Crippen LogP contribution in [0.25, 0.3) is 0 Å². The van der Waals surface area contributed by atoms with Gasteiger partial charge < -0.3 is 10.1 Å². The third-order valence-electron chi connectivity index (χ3n) is 3.92. The molecule has 148 valence electrons. The molecule has 2 amide bonds. The van der Waals surface area contributed by atoms with E-state index in [1.54, 1.807) is 13.8 Å². The molecule has 0 aromatic heterocycles. The number of hydrogen-bond acceptors (Lipinski definition) is 5.